The Morgan fingerprint density at radius 3 is 2.54 bits per heavy atom. The predicted molar refractivity (Wildman–Crippen MR) is 55.8 cm³/mol. The molecular formula is C11H22N2. The van der Waals surface area contributed by atoms with Crippen molar-refractivity contribution in [3.63, 3.8) is 0 Å². The monoisotopic (exact) mass is 182 g/mol. The molecule has 76 valence electrons. The van der Waals surface area contributed by atoms with Gasteiger partial charge in [0.25, 0.3) is 0 Å². The molecule has 2 unspecified atom stereocenters. The lowest BCUT2D eigenvalue weighted by Crippen LogP contribution is -2.56. The van der Waals surface area contributed by atoms with Crippen molar-refractivity contribution in [2.45, 2.75) is 44.7 Å². The van der Waals surface area contributed by atoms with Gasteiger partial charge in [-0.25, -0.2) is 0 Å². The van der Waals surface area contributed by atoms with Gasteiger partial charge >= 0.3 is 0 Å². The van der Waals surface area contributed by atoms with Gasteiger partial charge in [-0.15, -0.1) is 0 Å². The van der Waals surface area contributed by atoms with Crippen molar-refractivity contribution in [1.29, 1.82) is 0 Å². The van der Waals surface area contributed by atoms with Crippen molar-refractivity contribution in [2.24, 2.45) is 5.92 Å². The Balaban J connectivity index is 1.95. The number of hydrogen-bond donors (Lipinski definition) is 1. The smallest absolute Gasteiger partial charge is 0.0249 e. The molecule has 2 heteroatoms. The summed E-state index contributed by atoms with van der Waals surface area (Å²) in [5.41, 5.74) is 0. The normalized spacial score (nSPS) is 38.3. The molecule has 1 aliphatic heterocycles. The Kier molecular flexibility index (Phi) is 2.89. The molecule has 2 aliphatic rings. The van der Waals surface area contributed by atoms with E-state index in [0.29, 0.717) is 0 Å². The van der Waals surface area contributed by atoms with Gasteiger partial charge in [0, 0.05) is 25.2 Å². The van der Waals surface area contributed by atoms with E-state index >= 15 is 0 Å². The predicted octanol–water partition coefficient (Wildman–Crippen LogP) is 1.47. The second kappa shape index (κ2) is 3.97. The highest BCUT2D eigenvalue weighted by molar-refractivity contribution is 4.89. The number of piperazine rings is 1. The van der Waals surface area contributed by atoms with E-state index in [1.165, 1.54) is 38.8 Å². The van der Waals surface area contributed by atoms with Crippen molar-refractivity contribution in [3.05, 3.63) is 0 Å². The molecule has 0 radical (unpaired) electrons. The quantitative estimate of drug-likeness (QED) is 0.660. The fourth-order valence-corrected chi connectivity index (χ4v) is 2.90. The fraction of sp³-hybridized carbons (Fsp3) is 1.00. The first kappa shape index (κ1) is 9.47. The Labute approximate surface area is 81.7 Å². The van der Waals surface area contributed by atoms with Crippen LogP contribution in [-0.4, -0.2) is 37.1 Å². The van der Waals surface area contributed by atoms with Crippen molar-refractivity contribution in [2.75, 3.05) is 20.1 Å². The standard InChI is InChI=1S/C11H22N2/c1-9-7-12-8-11(13(9)2)10-5-3-4-6-10/h9-12H,3-8H2,1-2H3. The molecule has 1 saturated carbocycles. The minimum atomic E-state index is 0.722. The van der Waals surface area contributed by atoms with Crippen LogP contribution in [0.1, 0.15) is 32.6 Å². The van der Waals surface area contributed by atoms with Crippen LogP contribution in [0.2, 0.25) is 0 Å². The van der Waals surface area contributed by atoms with Crippen LogP contribution in [0.3, 0.4) is 0 Å². The summed E-state index contributed by atoms with van der Waals surface area (Å²) in [6.07, 6.45) is 5.85. The van der Waals surface area contributed by atoms with Gasteiger partial charge in [0.2, 0.25) is 0 Å². The van der Waals surface area contributed by atoms with Gasteiger partial charge in [0.05, 0.1) is 0 Å². The molecule has 0 aromatic heterocycles. The molecule has 2 atom stereocenters. The largest absolute Gasteiger partial charge is 0.314 e. The maximum Gasteiger partial charge on any atom is 0.0249 e. The van der Waals surface area contributed by atoms with Crippen LogP contribution in [0.5, 0.6) is 0 Å². The number of nitrogens with one attached hydrogen (secondary N) is 1. The third-order valence-corrected chi connectivity index (χ3v) is 3.96. The first-order valence-electron chi connectivity index (χ1n) is 5.71. The van der Waals surface area contributed by atoms with Gasteiger partial charge in [-0.1, -0.05) is 12.8 Å². The Morgan fingerprint density at radius 1 is 1.15 bits per heavy atom. The highest BCUT2D eigenvalue weighted by Crippen LogP contribution is 2.31. The summed E-state index contributed by atoms with van der Waals surface area (Å²) in [6.45, 7) is 4.71. The summed E-state index contributed by atoms with van der Waals surface area (Å²) >= 11 is 0. The molecule has 2 fully saturated rings. The SMILES string of the molecule is CC1CNCC(C2CCCC2)N1C. The molecule has 2 nitrogen and oxygen atoms in total. The number of likely N-dealkylation sites (N-methyl/N-ethyl adjacent to an activating group) is 1. The van der Waals surface area contributed by atoms with E-state index in [1.54, 1.807) is 0 Å². The molecule has 13 heavy (non-hydrogen) atoms. The molecule has 1 saturated heterocycles. The van der Waals surface area contributed by atoms with Crippen LogP contribution in [0.4, 0.5) is 0 Å². The van der Waals surface area contributed by atoms with Crippen molar-refractivity contribution >= 4 is 0 Å². The lowest BCUT2D eigenvalue weighted by Gasteiger charge is -2.41. The molecule has 0 aromatic rings. The Morgan fingerprint density at radius 2 is 1.85 bits per heavy atom. The van der Waals surface area contributed by atoms with Crippen molar-refractivity contribution in [3.8, 4) is 0 Å². The van der Waals surface area contributed by atoms with E-state index in [2.05, 4.69) is 24.2 Å². The molecule has 1 N–H and O–H groups in total. The summed E-state index contributed by atoms with van der Waals surface area (Å²) in [5, 5.41) is 3.55. The zero-order chi connectivity index (χ0) is 9.26. The van der Waals surface area contributed by atoms with E-state index in [-0.39, 0.29) is 0 Å². The molecule has 0 aromatic carbocycles. The number of hydrogen-bond acceptors (Lipinski definition) is 2. The van der Waals surface area contributed by atoms with Crippen LogP contribution < -0.4 is 5.32 Å². The van der Waals surface area contributed by atoms with E-state index in [0.717, 1.165) is 18.0 Å². The molecule has 1 aliphatic carbocycles. The maximum atomic E-state index is 3.55. The minimum Gasteiger partial charge on any atom is -0.314 e. The van der Waals surface area contributed by atoms with Crippen LogP contribution in [0.15, 0.2) is 0 Å². The molecule has 0 bridgehead atoms. The average molecular weight is 182 g/mol. The minimum absolute atomic E-state index is 0.722. The van der Waals surface area contributed by atoms with Gasteiger partial charge in [0.1, 0.15) is 0 Å². The van der Waals surface area contributed by atoms with Crippen molar-refractivity contribution in [1.82, 2.24) is 10.2 Å². The van der Waals surface area contributed by atoms with E-state index in [4.69, 9.17) is 0 Å². The van der Waals surface area contributed by atoms with Crippen LogP contribution in [-0.2, 0) is 0 Å². The van der Waals surface area contributed by atoms with Gasteiger partial charge in [-0.2, -0.15) is 0 Å². The molecule has 0 spiro atoms. The Hall–Kier alpha value is -0.0800. The average Bonchev–Trinajstić information content (AvgIpc) is 2.62. The maximum absolute atomic E-state index is 3.55. The summed E-state index contributed by atoms with van der Waals surface area (Å²) in [5.74, 6) is 0.972. The third kappa shape index (κ3) is 1.89. The zero-order valence-corrected chi connectivity index (χ0v) is 8.92. The van der Waals surface area contributed by atoms with E-state index in [1.807, 2.05) is 0 Å². The molecule has 1 heterocycles. The van der Waals surface area contributed by atoms with E-state index < -0.39 is 0 Å². The zero-order valence-electron chi connectivity index (χ0n) is 8.92. The van der Waals surface area contributed by atoms with Gasteiger partial charge < -0.3 is 5.32 Å². The highest BCUT2D eigenvalue weighted by Gasteiger charge is 2.32. The number of rotatable bonds is 1. The van der Waals surface area contributed by atoms with Crippen LogP contribution in [0, 0.1) is 5.92 Å². The second-order valence-corrected chi connectivity index (χ2v) is 4.78. The molecular weight excluding hydrogens is 160 g/mol. The summed E-state index contributed by atoms with van der Waals surface area (Å²) in [6, 6.07) is 1.53. The molecule has 0 amide bonds. The molecule has 2 rings (SSSR count). The summed E-state index contributed by atoms with van der Waals surface area (Å²) in [4.78, 5) is 2.59. The topological polar surface area (TPSA) is 15.3 Å². The lowest BCUT2D eigenvalue weighted by molar-refractivity contribution is 0.0974. The van der Waals surface area contributed by atoms with Gasteiger partial charge in [-0.05, 0) is 32.7 Å². The lowest BCUT2D eigenvalue weighted by atomic mass is 9.94. The van der Waals surface area contributed by atoms with E-state index in [9.17, 15) is 0 Å². The summed E-state index contributed by atoms with van der Waals surface area (Å²) < 4.78 is 0. The Bertz CT molecular complexity index is 161. The highest BCUT2D eigenvalue weighted by atomic mass is 15.2. The van der Waals surface area contributed by atoms with Gasteiger partial charge in [0.15, 0.2) is 0 Å². The second-order valence-electron chi connectivity index (χ2n) is 4.78. The van der Waals surface area contributed by atoms with Crippen molar-refractivity contribution < 1.29 is 0 Å². The first-order chi connectivity index (χ1) is 6.29. The fourth-order valence-electron chi connectivity index (χ4n) is 2.90. The summed E-state index contributed by atoms with van der Waals surface area (Å²) in [7, 11) is 2.30. The van der Waals surface area contributed by atoms with Crippen LogP contribution in [0.25, 0.3) is 0 Å². The first-order valence-corrected chi connectivity index (χ1v) is 5.71. The third-order valence-electron chi connectivity index (χ3n) is 3.96. The number of nitrogens with zero attached hydrogens (tertiary/aromatic N) is 1. The van der Waals surface area contributed by atoms with Gasteiger partial charge in [-0.3, -0.25) is 4.90 Å². The van der Waals surface area contributed by atoms with Crippen LogP contribution >= 0.6 is 0 Å².